The first kappa shape index (κ1) is 14.5. The Kier molecular flexibility index (Phi) is 4.04. The van der Waals surface area contributed by atoms with E-state index in [9.17, 15) is 14.0 Å². The molecule has 104 valence electrons. The maximum atomic E-state index is 13.5. The molecule has 4 nitrogen and oxygen atoms in total. The minimum atomic E-state index is -0.573. The van der Waals surface area contributed by atoms with Gasteiger partial charge in [-0.05, 0) is 59.6 Å². The van der Waals surface area contributed by atoms with Crippen LogP contribution in [0.3, 0.4) is 0 Å². The van der Waals surface area contributed by atoms with Crippen molar-refractivity contribution in [2.75, 3.05) is 5.32 Å². The first-order chi connectivity index (χ1) is 9.38. The fourth-order valence-corrected chi connectivity index (χ4v) is 2.18. The number of nitrogens with one attached hydrogen (secondary N) is 2. The van der Waals surface area contributed by atoms with E-state index in [1.807, 2.05) is 0 Å². The molecule has 0 spiro atoms. The summed E-state index contributed by atoms with van der Waals surface area (Å²) in [6.45, 7) is 3.45. The normalized spacial score (nSPS) is 10.4. The van der Waals surface area contributed by atoms with Crippen LogP contribution in [0.25, 0.3) is 0 Å². The van der Waals surface area contributed by atoms with E-state index in [1.54, 1.807) is 26.0 Å². The number of rotatable bonds is 2. The fraction of sp³-hybridized carbons (Fsp3) is 0.143. The van der Waals surface area contributed by atoms with Crippen LogP contribution in [0.15, 0.2) is 33.5 Å². The maximum Gasteiger partial charge on any atom is 0.261 e. The third kappa shape index (κ3) is 2.96. The second-order valence-corrected chi connectivity index (χ2v) is 5.27. The number of aromatic nitrogens is 1. The van der Waals surface area contributed by atoms with Gasteiger partial charge in [0.2, 0.25) is 0 Å². The lowest BCUT2D eigenvalue weighted by Crippen LogP contribution is -2.23. The van der Waals surface area contributed by atoms with Gasteiger partial charge in [0, 0.05) is 11.4 Å². The number of benzene rings is 1. The molecular weight excluding hydrogens is 327 g/mol. The average Bonchev–Trinajstić information content (AvgIpc) is 2.35. The molecule has 0 aliphatic rings. The molecule has 0 atom stereocenters. The monoisotopic (exact) mass is 338 g/mol. The zero-order chi connectivity index (χ0) is 14.9. The van der Waals surface area contributed by atoms with E-state index in [0.29, 0.717) is 21.4 Å². The number of H-pyrrole nitrogens is 1. The lowest BCUT2D eigenvalue weighted by molar-refractivity contribution is 0.102. The van der Waals surface area contributed by atoms with E-state index < -0.39 is 17.3 Å². The highest BCUT2D eigenvalue weighted by Crippen LogP contribution is 2.24. The third-order valence-corrected chi connectivity index (χ3v) is 3.42. The van der Waals surface area contributed by atoms with Crippen molar-refractivity contribution in [1.29, 1.82) is 0 Å². The van der Waals surface area contributed by atoms with Gasteiger partial charge in [-0.2, -0.15) is 0 Å². The number of amides is 1. The van der Waals surface area contributed by atoms with Gasteiger partial charge >= 0.3 is 0 Å². The van der Waals surface area contributed by atoms with Crippen LogP contribution in [0.4, 0.5) is 10.1 Å². The summed E-state index contributed by atoms with van der Waals surface area (Å²) >= 11 is 3.07. The predicted molar refractivity (Wildman–Crippen MR) is 78.6 cm³/mol. The lowest BCUT2D eigenvalue weighted by Gasteiger charge is -2.09. The summed E-state index contributed by atoms with van der Waals surface area (Å²) < 4.78 is 13.8. The Balaban J connectivity index is 2.33. The van der Waals surface area contributed by atoms with Gasteiger partial charge < -0.3 is 10.3 Å². The molecular formula is C14H12BrFN2O2. The topological polar surface area (TPSA) is 62.0 Å². The summed E-state index contributed by atoms with van der Waals surface area (Å²) in [5.74, 6) is -1.06. The molecule has 0 saturated carbocycles. The number of anilines is 1. The average molecular weight is 339 g/mol. The van der Waals surface area contributed by atoms with Crippen LogP contribution in [0.2, 0.25) is 0 Å². The Morgan fingerprint density at radius 3 is 2.65 bits per heavy atom. The first-order valence-electron chi connectivity index (χ1n) is 5.85. The maximum absolute atomic E-state index is 13.5. The number of pyridine rings is 1. The highest BCUT2D eigenvalue weighted by Gasteiger charge is 2.13. The van der Waals surface area contributed by atoms with Crippen molar-refractivity contribution in [3.05, 3.63) is 61.7 Å². The Bertz CT molecular complexity index is 740. The van der Waals surface area contributed by atoms with Gasteiger partial charge in [0.1, 0.15) is 11.4 Å². The molecule has 0 fully saturated rings. The highest BCUT2D eigenvalue weighted by atomic mass is 79.9. The van der Waals surface area contributed by atoms with Gasteiger partial charge in [-0.15, -0.1) is 0 Å². The SMILES string of the molecule is Cc1ccc(C(=O)Nc2cc(F)c(Br)cc2C)c(=O)[nH]1. The number of hydrogen-bond donors (Lipinski definition) is 2. The van der Waals surface area contributed by atoms with Crippen molar-refractivity contribution < 1.29 is 9.18 Å². The molecule has 0 aliphatic carbocycles. The van der Waals surface area contributed by atoms with Crippen molar-refractivity contribution in [3.63, 3.8) is 0 Å². The summed E-state index contributed by atoms with van der Waals surface area (Å²) in [5, 5.41) is 2.54. The zero-order valence-corrected chi connectivity index (χ0v) is 12.5. The number of hydrogen-bond acceptors (Lipinski definition) is 2. The second kappa shape index (κ2) is 5.58. The molecule has 0 aliphatic heterocycles. The van der Waals surface area contributed by atoms with Crippen molar-refractivity contribution >= 4 is 27.5 Å². The largest absolute Gasteiger partial charge is 0.326 e. The highest BCUT2D eigenvalue weighted by molar-refractivity contribution is 9.10. The molecule has 6 heteroatoms. The molecule has 2 rings (SSSR count). The van der Waals surface area contributed by atoms with E-state index in [0.717, 1.165) is 0 Å². The Morgan fingerprint density at radius 2 is 2.00 bits per heavy atom. The van der Waals surface area contributed by atoms with Gasteiger partial charge in [0.05, 0.1) is 4.47 Å². The van der Waals surface area contributed by atoms with Crippen LogP contribution < -0.4 is 10.9 Å². The molecule has 0 radical (unpaired) electrons. The quantitative estimate of drug-likeness (QED) is 0.883. The summed E-state index contributed by atoms with van der Waals surface area (Å²) in [5.41, 5.74) is 1.19. The molecule has 0 unspecified atom stereocenters. The van der Waals surface area contributed by atoms with Crippen molar-refractivity contribution in [2.45, 2.75) is 13.8 Å². The van der Waals surface area contributed by atoms with Gasteiger partial charge in [0.25, 0.3) is 11.5 Å². The van der Waals surface area contributed by atoms with Gasteiger partial charge in [-0.3, -0.25) is 9.59 Å². The van der Waals surface area contributed by atoms with Crippen molar-refractivity contribution in [3.8, 4) is 0 Å². The van der Waals surface area contributed by atoms with Crippen LogP contribution in [0, 0.1) is 19.7 Å². The van der Waals surface area contributed by atoms with E-state index >= 15 is 0 Å². The first-order valence-corrected chi connectivity index (χ1v) is 6.64. The number of halogens is 2. The third-order valence-electron chi connectivity index (χ3n) is 2.82. The molecule has 0 saturated heterocycles. The van der Waals surface area contributed by atoms with E-state index in [-0.39, 0.29) is 5.56 Å². The number of carbonyl (C=O) groups excluding carboxylic acids is 1. The van der Waals surface area contributed by atoms with Crippen molar-refractivity contribution in [2.24, 2.45) is 0 Å². The smallest absolute Gasteiger partial charge is 0.261 e. The molecule has 2 N–H and O–H groups in total. The zero-order valence-electron chi connectivity index (χ0n) is 10.9. The van der Waals surface area contributed by atoms with E-state index in [4.69, 9.17) is 0 Å². The molecule has 20 heavy (non-hydrogen) atoms. The lowest BCUT2D eigenvalue weighted by atomic mass is 10.1. The molecule has 0 bridgehead atoms. The summed E-state index contributed by atoms with van der Waals surface area (Å²) in [6, 6.07) is 5.84. The second-order valence-electron chi connectivity index (χ2n) is 4.42. The molecule has 1 aromatic carbocycles. The minimum Gasteiger partial charge on any atom is -0.326 e. The van der Waals surface area contributed by atoms with E-state index in [1.165, 1.54) is 12.1 Å². The van der Waals surface area contributed by atoms with Crippen LogP contribution >= 0.6 is 15.9 Å². The van der Waals surface area contributed by atoms with Crippen LogP contribution in [0.5, 0.6) is 0 Å². The van der Waals surface area contributed by atoms with E-state index in [2.05, 4.69) is 26.2 Å². The molecule has 1 amide bonds. The van der Waals surface area contributed by atoms with Crippen LogP contribution in [-0.2, 0) is 0 Å². The standard InChI is InChI=1S/C14H12BrFN2O2/c1-7-5-10(15)11(16)6-12(7)18-14(20)9-4-3-8(2)17-13(9)19/h3-6H,1-2H3,(H,17,19)(H,18,20). The molecule has 2 aromatic rings. The van der Waals surface area contributed by atoms with Crippen LogP contribution in [-0.4, -0.2) is 10.9 Å². The number of aromatic amines is 1. The molecule has 1 heterocycles. The number of aryl methyl sites for hydroxylation is 2. The van der Waals surface area contributed by atoms with Crippen LogP contribution in [0.1, 0.15) is 21.6 Å². The summed E-state index contributed by atoms with van der Waals surface area (Å²) in [7, 11) is 0. The Morgan fingerprint density at radius 1 is 1.30 bits per heavy atom. The predicted octanol–water partition coefficient (Wildman–Crippen LogP) is 3.15. The minimum absolute atomic E-state index is 0.0154. The van der Waals surface area contributed by atoms with Gasteiger partial charge in [-0.25, -0.2) is 4.39 Å². The number of carbonyl (C=O) groups is 1. The van der Waals surface area contributed by atoms with Gasteiger partial charge in [0.15, 0.2) is 0 Å². The summed E-state index contributed by atoms with van der Waals surface area (Å²) in [4.78, 5) is 26.3. The molecule has 1 aromatic heterocycles. The Hall–Kier alpha value is -1.95. The Labute approximate surface area is 123 Å². The van der Waals surface area contributed by atoms with Gasteiger partial charge in [-0.1, -0.05) is 0 Å². The van der Waals surface area contributed by atoms with Crippen molar-refractivity contribution in [1.82, 2.24) is 4.98 Å². The fourth-order valence-electron chi connectivity index (χ4n) is 1.72. The summed E-state index contributed by atoms with van der Waals surface area (Å²) in [6.07, 6.45) is 0.